The van der Waals surface area contributed by atoms with E-state index in [1.807, 2.05) is 27.0 Å². The fraction of sp³-hybridized carbons (Fsp3) is 0.611. The zero-order chi connectivity index (χ0) is 18.0. The molecule has 0 fully saturated rings. The Morgan fingerprint density at radius 2 is 1.84 bits per heavy atom. The Balaban J connectivity index is 0.00000576. The minimum Gasteiger partial charge on any atom is -0.352 e. The lowest BCUT2D eigenvalue weighted by molar-refractivity contribution is 0.450. The van der Waals surface area contributed by atoms with Gasteiger partial charge in [0.15, 0.2) is 15.8 Å². The number of halogens is 1. The largest absolute Gasteiger partial charge is 0.352 e. The van der Waals surface area contributed by atoms with Crippen LogP contribution >= 0.6 is 24.0 Å². The van der Waals surface area contributed by atoms with Gasteiger partial charge in [-0.25, -0.2) is 8.42 Å². The highest BCUT2D eigenvalue weighted by Crippen LogP contribution is 2.12. The van der Waals surface area contributed by atoms with Crippen LogP contribution in [-0.4, -0.2) is 51.2 Å². The topological polar surface area (TPSA) is 61.8 Å². The lowest BCUT2D eigenvalue weighted by Gasteiger charge is -2.26. The third-order valence-corrected chi connectivity index (χ3v) is 5.70. The van der Waals surface area contributed by atoms with Crippen LogP contribution in [0.4, 0.5) is 0 Å². The lowest BCUT2D eigenvalue weighted by atomic mass is 10.2. The van der Waals surface area contributed by atoms with Crippen molar-refractivity contribution in [2.45, 2.75) is 51.0 Å². The third-order valence-electron chi connectivity index (χ3n) is 3.87. The van der Waals surface area contributed by atoms with Gasteiger partial charge in [-0.15, -0.1) is 24.0 Å². The maximum atomic E-state index is 12.6. The Morgan fingerprint density at radius 1 is 1.20 bits per heavy atom. The van der Waals surface area contributed by atoms with Crippen LogP contribution in [0.2, 0.25) is 0 Å². The zero-order valence-electron chi connectivity index (χ0n) is 15.7. The van der Waals surface area contributed by atoms with Gasteiger partial charge in [0.1, 0.15) is 0 Å². The summed E-state index contributed by atoms with van der Waals surface area (Å²) in [6, 6.07) is 8.47. The van der Waals surface area contributed by atoms with E-state index < -0.39 is 9.84 Å². The van der Waals surface area contributed by atoms with Gasteiger partial charge in [-0.3, -0.25) is 4.99 Å². The first-order valence-corrected chi connectivity index (χ1v) is 10.4. The standard InChI is InChI=1S/C18H31N3O2S.HI/c1-5-8-14-21(4)18(19-7-3)20-16(6-2)15-24(22,23)17-12-10-9-11-13-17;/h9-13,16H,5-8,14-15H2,1-4H3,(H,19,20);1H. The van der Waals surface area contributed by atoms with E-state index in [0.29, 0.717) is 11.4 Å². The number of unbranched alkanes of at least 4 members (excludes halogenated alkanes) is 1. The van der Waals surface area contributed by atoms with Crippen LogP contribution in [0.1, 0.15) is 40.0 Å². The van der Waals surface area contributed by atoms with E-state index in [1.54, 1.807) is 24.3 Å². The Bertz CT molecular complexity index is 606. The summed E-state index contributed by atoms with van der Waals surface area (Å²) >= 11 is 0. The fourth-order valence-electron chi connectivity index (χ4n) is 2.36. The minimum atomic E-state index is -3.31. The highest BCUT2D eigenvalue weighted by Gasteiger charge is 2.21. The van der Waals surface area contributed by atoms with E-state index in [9.17, 15) is 8.42 Å². The smallest absolute Gasteiger partial charge is 0.193 e. The first-order valence-electron chi connectivity index (χ1n) is 8.74. The van der Waals surface area contributed by atoms with E-state index in [4.69, 9.17) is 0 Å². The molecule has 0 radical (unpaired) electrons. The van der Waals surface area contributed by atoms with Crippen LogP contribution in [0.5, 0.6) is 0 Å². The number of sulfone groups is 1. The molecule has 1 N–H and O–H groups in total. The molecular weight excluding hydrogens is 449 g/mol. The summed E-state index contributed by atoms with van der Waals surface area (Å²) in [5.74, 6) is 0.846. The molecule has 1 aromatic carbocycles. The van der Waals surface area contributed by atoms with Gasteiger partial charge >= 0.3 is 0 Å². The van der Waals surface area contributed by atoms with Crippen molar-refractivity contribution >= 4 is 39.8 Å². The molecule has 1 atom stereocenters. The molecule has 0 aromatic heterocycles. The molecule has 0 aliphatic heterocycles. The Kier molecular flexibility index (Phi) is 12.1. The van der Waals surface area contributed by atoms with Crippen LogP contribution in [0, 0.1) is 0 Å². The average Bonchev–Trinajstić information content (AvgIpc) is 2.59. The zero-order valence-corrected chi connectivity index (χ0v) is 18.9. The van der Waals surface area contributed by atoms with Crippen molar-refractivity contribution in [1.29, 1.82) is 0 Å². The quantitative estimate of drug-likeness (QED) is 0.333. The summed E-state index contributed by atoms with van der Waals surface area (Å²) in [5.41, 5.74) is 0. The van der Waals surface area contributed by atoms with Crippen molar-refractivity contribution in [1.82, 2.24) is 10.2 Å². The molecular formula is C18H32IN3O2S. The summed E-state index contributed by atoms with van der Waals surface area (Å²) in [5, 5.41) is 3.34. The van der Waals surface area contributed by atoms with Gasteiger partial charge in [-0.1, -0.05) is 38.5 Å². The van der Waals surface area contributed by atoms with E-state index in [2.05, 4.69) is 22.1 Å². The molecule has 0 spiro atoms. The fourth-order valence-corrected chi connectivity index (χ4v) is 3.97. The summed E-state index contributed by atoms with van der Waals surface area (Å²) in [6.45, 7) is 7.70. The van der Waals surface area contributed by atoms with Crippen molar-refractivity contribution in [2.75, 3.05) is 25.9 Å². The van der Waals surface area contributed by atoms with Crippen molar-refractivity contribution in [2.24, 2.45) is 4.99 Å². The van der Waals surface area contributed by atoms with E-state index in [1.165, 1.54) is 0 Å². The molecule has 0 heterocycles. The molecule has 0 amide bonds. The van der Waals surface area contributed by atoms with Crippen LogP contribution in [-0.2, 0) is 9.84 Å². The first kappa shape index (κ1) is 24.2. The number of rotatable bonds is 9. The van der Waals surface area contributed by atoms with Crippen LogP contribution < -0.4 is 5.32 Å². The number of nitrogens with one attached hydrogen (secondary N) is 1. The predicted octanol–water partition coefficient (Wildman–Crippen LogP) is 3.55. The molecule has 25 heavy (non-hydrogen) atoms. The van der Waals surface area contributed by atoms with Crippen molar-refractivity contribution in [3.05, 3.63) is 30.3 Å². The average molecular weight is 481 g/mol. The van der Waals surface area contributed by atoms with E-state index >= 15 is 0 Å². The molecule has 1 unspecified atom stereocenters. The first-order chi connectivity index (χ1) is 11.4. The molecule has 0 aliphatic rings. The van der Waals surface area contributed by atoms with Crippen LogP contribution in [0.3, 0.4) is 0 Å². The van der Waals surface area contributed by atoms with Gasteiger partial charge in [0.2, 0.25) is 0 Å². The van der Waals surface area contributed by atoms with Gasteiger partial charge in [0.25, 0.3) is 0 Å². The van der Waals surface area contributed by atoms with Gasteiger partial charge in [0.05, 0.1) is 10.6 Å². The van der Waals surface area contributed by atoms with Gasteiger partial charge in [0, 0.05) is 26.2 Å². The summed E-state index contributed by atoms with van der Waals surface area (Å²) in [7, 11) is -1.32. The molecule has 0 saturated heterocycles. The SMILES string of the molecule is CCCCN(C)C(=NCC)NC(CC)CS(=O)(=O)c1ccccc1.I. The van der Waals surface area contributed by atoms with Crippen LogP contribution in [0.25, 0.3) is 0 Å². The summed E-state index contributed by atoms with van der Waals surface area (Å²) in [4.78, 5) is 6.95. The molecule has 0 saturated carbocycles. The van der Waals surface area contributed by atoms with Gasteiger partial charge in [-0.05, 0) is 31.9 Å². The summed E-state index contributed by atoms with van der Waals surface area (Å²) < 4.78 is 25.2. The minimum absolute atomic E-state index is 0. The van der Waals surface area contributed by atoms with E-state index in [0.717, 1.165) is 31.8 Å². The number of guanidine groups is 1. The molecule has 1 aromatic rings. The second kappa shape index (κ2) is 12.5. The lowest BCUT2D eigenvalue weighted by Crippen LogP contribution is -2.47. The maximum Gasteiger partial charge on any atom is 0.193 e. The number of benzene rings is 1. The molecule has 7 heteroatoms. The highest BCUT2D eigenvalue weighted by atomic mass is 127. The van der Waals surface area contributed by atoms with Crippen LogP contribution in [0.15, 0.2) is 40.2 Å². The van der Waals surface area contributed by atoms with Crippen molar-refractivity contribution in [3.63, 3.8) is 0 Å². The highest BCUT2D eigenvalue weighted by molar-refractivity contribution is 14.0. The molecule has 5 nitrogen and oxygen atoms in total. The normalized spacial score (nSPS) is 13.0. The Labute approximate surface area is 170 Å². The predicted molar refractivity (Wildman–Crippen MR) is 117 cm³/mol. The van der Waals surface area contributed by atoms with E-state index in [-0.39, 0.29) is 35.8 Å². The van der Waals surface area contributed by atoms with Crippen molar-refractivity contribution in [3.8, 4) is 0 Å². The number of nitrogens with zero attached hydrogens (tertiary/aromatic N) is 2. The monoisotopic (exact) mass is 481 g/mol. The second-order valence-corrected chi connectivity index (χ2v) is 7.95. The molecule has 0 aliphatic carbocycles. The number of aliphatic imine (C=N–C) groups is 1. The third kappa shape index (κ3) is 8.40. The summed E-state index contributed by atoms with van der Waals surface area (Å²) in [6.07, 6.45) is 2.92. The molecule has 144 valence electrons. The molecule has 1 rings (SSSR count). The number of hydrogen-bond acceptors (Lipinski definition) is 3. The maximum absolute atomic E-state index is 12.6. The second-order valence-electron chi connectivity index (χ2n) is 5.92. The Morgan fingerprint density at radius 3 is 2.36 bits per heavy atom. The van der Waals surface area contributed by atoms with Crippen molar-refractivity contribution < 1.29 is 8.42 Å². The molecule has 0 bridgehead atoms. The number of hydrogen-bond donors (Lipinski definition) is 1. The Hall–Kier alpha value is -0.830. The van der Waals surface area contributed by atoms with Gasteiger partial charge < -0.3 is 10.2 Å². The van der Waals surface area contributed by atoms with Gasteiger partial charge in [-0.2, -0.15) is 0 Å².